The van der Waals surface area contributed by atoms with Crippen LogP contribution in [0.3, 0.4) is 0 Å². The molecule has 2 heterocycles. The maximum absolute atomic E-state index is 13.8. The molecule has 0 spiro atoms. The van der Waals surface area contributed by atoms with Crippen molar-refractivity contribution < 1.29 is 13.9 Å². The van der Waals surface area contributed by atoms with Gasteiger partial charge in [0.1, 0.15) is 23.9 Å². The number of fused-ring (bicyclic) bond motifs is 1. The molecule has 4 rings (SSSR count). The van der Waals surface area contributed by atoms with Crippen LogP contribution in [0.15, 0.2) is 54.6 Å². The Kier molecular flexibility index (Phi) is 4.62. The van der Waals surface area contributed by atoms with Gasteiger partial charge in [-0.2, -0.15) is 5.10 Å². The number of benzene rings is 2. The van der Waals surface area contributed by atoms with Gasteiger partial charge in [0.05, 0.1) is 18.8 Å². The molecular formula is C21H20FN3O2. The Morgan fingerprint density at radius 3 is 2.74 bits per heavy atom. The molecule has 1 aliphatic heterocycles. The van der Waals surface area contributed by atoms with Gasteiger partial charge in [-0.25, -0.2) is 4.39 Å². The van der Waals surface area contributed by atoms with Gasteiger partial charge in [-0.3, -0.25) is 9.48 Å². The minimum absolute atomic E-state index is 0.163. The van der Waals surface area contributed by atoms with Gasteiger partial charge in [0.2, 0.25) is 0 Å². The lowest BCUT2D eigenvalue weighted by Gasteiger charge is -2.27. The fraction of sp³-hybridized carbons (Fsp3) is 0.238. The lowest BCUT2D eigenvalue weighted by molar-refractivity contribution is 0.0705. The van der Waals surface area contributed by atoms with Crippen molar-refractivity contribution in [1.29, 1.82) is 0 Å². The van der Waals surface area contributed by atoms with Gasteiger partial charge < -0.3 is 9.64 Å². The van der Waals surface area contributed by atoms with Gasteiger partial charge >= 0.3 is 0 Å². The van der Waals surface area contributed by atoms with Crippen LogP contribution in [0.2, 0.25) is 0 Å². The van der Waals surface area contributed by atoms with E-state index >= 15 is 0 Å². The highest BCUT2D eigenvalue weighted by atomic mass is 19.1. The van der Waals surface area contributed by atoms with E-state index in [1.165, 1.54) is 6.07 Å². The van der Waals surface area contributed by atoms with E-state index in [4.69, 9.17) is 4.74 Å². The van der Waals surface area contributed by atoms with Gasteiger partial charge in [-0.1, -0.05) is 24.3 Å². The second-order valence-corrected chi connectivity index (χ2v) is 6.64. The fourth-order valence-corrected chi connectivity index (χ4v) is 3.15. The highest BCUT2D eigenvalue weighted by Crippen LogP contribution is 2.19. The molecule has 0 aliphatic carbocycles. The van der Waals surface area contributed by atoms with E-state index < -0.39 is 0 Å². The molecular weight excluding hydrogens is 345 g/mol. The summed E-state index contributed by atoms with van der Waals surface area (Å²) < 4.78 is 21.4. The topological polar surface area (TPSA) is 47.4 Å². The Bertz CT molecular complexity index is 969. The Labute approximate surface area is 157 Å². The van der Waals surface area contributed by atoms with Crippen molar-refractivity contribution >= 4 is 5.91 Å². The number of hydrogen-bond acceptors (Lipinski definition) is 3. The normalized spacial score (nSPS) is 13.3. The molecule has 1 aliphatic rings. The number of amides is 1. The quantitative estimate of drug-likeness (QED) is 0.710. The van der Waals surface area contributed by atoms with Gasteiger partial charge in [0, 0.05) is 12.1 Å². The molecule has 0 radical (unpaired) electrons. The highest BCUT2D eigenvalue weighted by Gasteiger charge is 2.23. The van der Waals surface area contributed by atoms with E-state index in [1.807, 2.05) is 41.1 Å². The number of ether oxygens (including phenoxy) is 1. The summed E-state index contributed by atoms with van der Waals surface area (Å²) in [7, 11) is 0. The standard InChI is InChI=1S/C21H20FN3O2/c1-15-7-8-16(11-20(15)22)21(26)24-9-10-25-18(13-24)12-17(23-25)14-27-19-5-3-2-4-6-19/h2-8,11-12H,9-10,13-14H2,1H3. The summed E-state index contributed by atoms with van der Waals surface area (Å²) in [6.07, 6.45) is 0. The van der Waals surface area contributed by atoms with Gasteiger partial charge in [0.25, 0.3) is 5.91 Å². The van der Waals surface area contributed by atoms with Crippen molar-refractivity contribution in [3.05, 3.63) is 82.9 Å². The van der Waals surface area contributed by atoms with Crippen LogP contribution in [-0.2, 0) is 19.7 Å². The van der Waals surface area contributed by atoms with Crippen molar-refractivity contribution in [1.82, 2.24) is 14.7 Å². The second-order valence-electron chi connectivity index (χ2n) is 6.64. The third kappa shape index (κ3) is 3.69. The van der Waals surface area contributed by atoms with Crippen LogP contribution in [0, 0.1) is 12.7 Å². The van der Waals surface area contributed by atoms with Crippen LogP contribution in [0.25, 0.3) is 0 Å². The molecule has 0 atom stereocenters. The Balaban J connectivity index is 1.44. The predicted molar refractivity (Wildman–Crippen MR) is 98.9 cm³/mol. The highest BCUT2D eigenvalue weighted by molar-refractivity contribution is 5.94. The number of para-hydroxylation sites is 1. The molecule has 5 nitrogen and oxygen atoms in total. The van der Waals surface area contributed by atoms with Crippen LogP contribution in [0.5, 0.6) is 5.75 Å². The number of hydrogen-bond donors (Lipinski definition) is 0. The average Bonchev–Trinajstić information content (AvgIpc) is 3.11. The summed E-state index contributed by atoms with van der Waals surface area (Å²) in [6.45, 7) is 3.67. The van der Waals surface area contributed by atoms with Gasteiger partial charge in [0.15, 0.2) is 0 Å². The summed E-state index contributed by atoms with van der Waals surface area (Å²) in [5, 5.41) is 4.55. The molecule has 0 saturated heterocycles. The van der Waals surface area contributed by atoms with Gasteiger partial charge in [-0.05, 0) is 42.8 Å². The Morgan fingerprint density at radius 1 is 1.15 bits per heavy atom. The van der Waals surface area contributed by atoms with E-state index in [-0.39, 0.29) is 11.7 Å². The minimum Gasteiger partial charge on any atom is -0.487 e. The first-order chi connectivity index (χ1) is 13.1. The summed E-state index contributed by atoms with van der Waals surface area (Å²) in [5.41, 5.74) is 2.68. The molecule has 0 bridgehead atoms. The van der Waals surface area contributed by atoms with Gasteiger partial charge in [-0.15, -0.1) is 0 Å². The number of halogens is 1. The monoisotopic (exact) mass is 365 g/mol. The maximum Gasteiger partial charge on any atom is 0.254 e. The SMILES string of the molecule is Cc1ccc(C(=O)N2CCn3nc(COc4ccccc4)cc3C2)cc1F. The van der Waals surface area contributed by atoms with Crippen LogP contribution >= 0.6 is 0 Å². The zero-order valence-electron chi connectivity index (χ0n) is 15.1. The van der Waals surface area contributed by atoms with Crippen molar-refractivity contribution in [3.63, 3.8) is 0 Å². The number of aromatic nitrogens is 2. The van der Waals surface area contributed by atoms with Crippen molar-refractivity contribution in [2.75, 3.05) is 6.54 Å². The summed E-state index contributed by atoms with van der Waals surface area (Å²) in [5.74, 6) is 0.272. The minimum atomic E-state index is -0.358. The Morgan fingerprint density at radius 2 is 1.96 bits per heavy atom. The number of aryl methyl sites for hydroxylation is 1. The number of carbonyl (C=O) groups excluding carboxylic acids is 1. The zero-order valence-corrected chi connectivity index (χ0v) is 15.1. The number of rotatable bonds is 4. The molecule has 1 amide bonds. The summed E-state index contributed by atoms with van der Waals surface area (Å²) in [4.78, 5) is 14.4. The van der Waals surface area contributed by atoms with Crippen LogP contribution in [-0.4, -0.2) is 27.1 Å². The molecule has 0 fully saturated rings. The molecule has 2 aromatic carbocycles. The molecule has 138 valence electrons. The molecule has 6 heteroatoms. The average molecular weight is 365 g/mol. The van der Waals surface area contributed by atoms with E-state index in [0.29, 0.717) is 37.4 Å². The van der Waals surface area contributed by atoms with E-state index in [9.17, 15) is 9.18 Å². The summed E-state index contributed by atoms with van der Waals surface area (Å²) >= 11 is 0. The van der Waals surface area contributed by atoms with E-state index in [1.54, 1.807) is 24.0 Å². The zero-order chi connectivity index (χ0) is 18.8. The summed E-state index contributed by atoms with van der Waals surface area (Å²) in [6, 6.07) is 16.2. The fourth-order valence-electron chi connectivity index (χ4n) is 3.15. The van der Waals surface area contributed by atoms with E-state index in [0.717, 1.165) is 17.1 Å². The van der Waals surface area contributed by atoms with Crippen molar-refractivity contribution in [2.24, 2.45) is 0 Å². The van der Waals surface area contributed by atoms with Crippen LogP contribution in [0.1, 0.15) is 27.3 Å². The lowest BCUT2D eigenvalue weighted by Crippen LogP contribution is -2.38. The van der Waals surface area contributed by atoms with E-state index in [2.05, 4.69) is 5.10 Å². The molecule has 27 heavy (non-hydrogen) atoms. The molecule has 0 N–H and O–H groups in total. The number of nitrogens with zero attached hydrogens (tertiary/aromatic N) is 3. The third-order valence-electron chi connectivity index (χ3n) is 4.68. The van der Waals surface area contributed by atoms with Crippen LogP contribution < -0.4 is 4.74 Å². The first kappa shape index (κ1) is 17.3. The first-order valence-corrected chi connectivity index (χ1v) is 8.89. The Hall–Kier alpha value is -3.15. The molecule has 3 aromatic rings. The molecule has 1 aromatic heterocycles. The third-order valence-corrected chi connectivity index (χ3v) is 4.68. The van der Waals surface area contributed by atoms with Crippen molar-refractivity contribution in [2.45, 2.75) is 26.6 Å². The molecule has 0 unspecified atom stereocenters. The van der Waals surface area contributed by atoms with Crippen molar-refractivity contribution in [3.8, 4) is 5.75 Å². The largest absolute Gasteiger partial charge is 0.487 e. The first-order valence-electron chi connectivity index (χ1n) is 8.89. The van der Waals surface area contributed by atoms with Crippen LogP contribution in [0.4, 0.5) is 4.39 Å². The predicted octanol–water partition coefficient (Wildman–Crippen LogP) is 3.57. The smallest absolute Gasteiger partial charge is 0.254 e. The maximum atomic E-state index is 13.8. The second kappa shape index (κ2) is 7.23. The lowest BCUT2D eigenvalue weighted by atomic mass is 10.1. The number of carbonyl (C=O) groups is 1. The molecule has 0 saturated carbocycles.